The summed E-state index contributed by atoms with van der Waals surface area (Å²) >= 11 is 8.93. The van der Waals surface area contributed by atoms with E-state index in [9.17, 15) is 14.4 Å². The number of pyridine rings is 1. The minimum absolute atomic E-state index is 0.0633. The van der Waals surface area contributed by atoms with Crippen LogP contribution in [0.5, 0.6) is 0 Å². The van der Waals surface area contributed by atoms with Gasteiger partial charge in [-0.2, -0.15) is 21.1 Å². The van der Waals surface area contributed by atoms with Gasteiger partial charge in [-0.25, -0.2) is 4.98 Å². The third-order valence-corrected chi connectivity index (χ3v) is 8.44. The van der Waals surface area contributed by atoms with E-state index in [0.717, 1.165) is 4.88 Å². The van der Waals surface area contributed by atoms with E-state index in [0.29, 0.717) is 65.6 Å². The van der Waals surface area contributed by atoms with Crippen molar-refractivity contribution in [2.24, 2.45) is 0 Å². The Hall–Kier alpha value is -4.04. The molecule has 1 aliphatic heterocycles. The number of halogens is 1. The lowest BCUT2D eigenvalue weighted by Crippen LogP contribution is -2.38. The molecule has 6 rings (SSSR count). The number of morpholine rings is 1. The van der Waals surface area contributed by atoms with Crippen molar-refractivity contribution < 1.29 is 18.7 Å². The first kappa shape index (κ1) is 27.1. The predicted molar refractivity (Wildman–Crippen MR) is 156 cm³/mol. The van der Waals surface area contributed by atoms with Crippen LogP contribution < -0.4 is 15.8 Å². The van der Waals surface area contributed by atoms with Crippen molar-refractivity contribution in [3.05, 3.63) is 90.6 Å². The van der Waals surface area contributed by atoms with Gasteiger partial charge < -0.3 is 19.4 Å². The molecule has 5 aromatic heterocycles. The first-order chi connectivity index (χ1) is 20.0. The SMILES string of the molecule is O=C(Cn1c(-c2cc(NCc3ccc(Cl)s3)n(C(=O)c3cocn3)n2)c(N2CCOCC2)ccc1=O)c1ccsc1. The first-order valence-corrected chi connectivity index (χ1v) is 14.7. The highest BCUT2D eigenvalue weighted by molar-refractivity contribution is 7.16. The summed E-state index contributed by atoms with van der Waals surface area (Å²) in [6.07, 6.45) is 2.41. The van der Waals surface area contributed by atoms with Gasteiger partial charge in [-0.05, 0) is 29.6 Å². The zero-order valence-electron chi connectivity index (χ0n) is 21.5. The standard InChI is InChI=1S/C27H23ClN6O5S2/c28-23-3-1-18(41-23)12-29-24-11-19(31-34(24)27(37)20-14-39-16-30-20)26-21(32-6-8-38-9-7-32)2-4-25(36)33(26)13-22(35)17-5-10-40-15-17/h1-5,10-11,14-16,29H,6-9,12-13H2. The maximum absolute atomic E-state index is 13.4. The lowest BCUT2D eigenvalue weighted by molar-refractivity contribution is 0.0940. The number of anilines is 2. The number of ether oxygens (including phenoxy) is 1. The minimum atomic E-state index is -0.524. The van der Waals surface area contributed by atoms with E-state index in [1.165, 1.54) is 50.6 Å². The molecule has 11 nitrogen and oxygen atoms in total. The van der Waals surface area contributed by atoms with E-state index in [2.05, 4.69) is 20.3 Å². The number of hydrogen-bond acceptors (Lipinski definition) is 11. The van der Waals surface area contributed by atoms with Crippen LogP contribution in [0.15, 0.2) is 69.0 Å². The summed E-state index contributed by atoms with van der Waals surface area (Å²) in [6.45, 7) is 2.40. The summed E-state index contributed by atoms with van der Waals surface area (Å²) in [5.41, 5.74) is 1.70. The van der Waals surface area contributed by atoms with Gasteiger partial charge in [0.25, 0.3) is 5.56 Å². The quantitative estimate of drug-likeness (QED) is 0.240. The van der Waals surface area contributed by atoms with E-state index >= 15 is 0 Å². The molecule has 210 valence electrons. The van der Waals surface area contributed by atoms with E-state index in [1.807, 2.05) is 11.4 Å². The second kappa shape index (κ2) is 11.8. The van der Waals surface area contributed by atoms with Gasteiger partial charge in [0.15, 0.2) is 17.9 Å². The number of carbonyl (C=O) groups is 2. The van der Waals surface area contributed by atoms with Gasteiger partial charge in [0.2, 0.25) is 0 Å². The van der Waals surface area contributed by atoms with Gasteiger partial charge in [-0.1, -0.05) is 11.6 Å². The zero-order valence-corrected chi connectivity index (χ0v) is 23.9. The fourth-order valence-electron chi connectivity index (χ4n) is 4.54. The van der Waals surface area contributed by atoms with Crippen LogP contribution in [0.1, 0.15) is 25.7 Å². The Balaban J connectivity index is 1.47. The van der Waals surface area contributed by atoms with Crippen molar-refractivity contribution in [1.82, 2.24) is 19.3 Å². The van der Waals surface area contributed by atoms with E-state index < -0.39 is 5.91 Å². The van der Waals surface area contributed by atoms with Crippen LogP contribution in [0.4, 0.5) is 11.5 Å². The molecule has 0 saturated carbocycles. The minimum Gasteiger partial charge on any atom is -0.451 e. The van der Waals surface area contributed by atoms with Crippen LogP contribution in [0, 0.1) is 0 Å². The lowest BCUT2D eigenvalue weighted by Gasteiger charge is -2.31. The molecule has 14 heteroatoms. The molecule has 0 spiro atoms. The normalized spacial score (nSPS) is 13.4. The Morgan fingerprint density at radius 2 is 1.98 bits per heavy atom. The molecular weight excluding hydrogens is 588 g/mol. The molecule has 0 aromatic carbocycles. The van der Waals surface area contributed by atoms with Gasteiger partial charge in [-0.15, -0.1) is 11.3 Å². The van der Waals surface area contributed by atoms with Crippen LogP contribution in [-0.4, -0.2) is 57.3 Å². The molecule has 0 bridgehead atoms. The summed E-state index contributed by atoms with van der Waals surface area (Å²) in [4.78, 5) is 46.9. The molecule has 1 aliphatic rings. The molecule has 0 aliphatic carbocycles. The van der Waals surface area contributed by atoms with Crippen LogP contribution in [0.3, 0.4) is 0 Å². The number of nitrogens with zero attached hydrogens (tertiary/aromatic N) is 5. The van der Waals surface area contributed by atoms with Crippen molar-refractivity contribution >= 4 is 57.5 Å². The second-order valence-electron chi connectivity index (χ2n) is 9.09. The molecule has 0 atom stereocenters. The van der Waals surface area contributed by atoms with Crippen molar-refractivity contribution in [2.75, 3.05) is 36.5 Å². The van der Waals surface area contributed by atoms with Crippen LogP contribution >= 0.6 is 34.3 Å². The lowest BCUT2D eigenvalue weighted by atomic mass is 10.1. The van der Waals surface area contributed by atoms with Crippen molar-refractivity contribution in [2.45, 2.75) is 13.1 Å². The number of thiophene rings is 2. The summed E-state index contributed by atoms with van der Waals surface area (Å²) in [5.74, 6) is -0.360. The van der Waals surface area contributed by atoms with Crippen molar-refractivity contribution in [1.29, 1.82) is 0 Å². The first-order valence-electron chi connectivity index (χ1n) is 12.6. The topological polar surface area (TPSA) is 124 Å². The number of ketones is 1. The monoisotopic (exact) mass is 610 g/mol. The number of hydrogen-bond donors (Lipinski definition) is 1. The molecular formula is C27H23ClN6O5S2. The molecule has 6 heterocycles. The predicted octanol–water partition coefficient (Wildman–Crippen LogP) is 4.50. The summed E-state index contributed by atoms with van der Waals surface area (Å²) < 4.78 is 13.8. The third-order valence-electron chi connectivity index (χ3n) is 6.53. The van der Waals surface area contributed by atoms with Gasteiger partial charge in [0, 0.05) is 41.0 Å². The Kier molecular flexibility index (Phi) is 7.83. The Morgan fingerprint density at radius 1 is 1.12 bits per heavy atom. The fraction of sp³-hybridized carbons (Fsp3) is 0.222. The Labute approximate surface area is 246 Å². The van der Waals surface area contributed by atoms with Crippen LogP contribution in [0.2, 0.25) is 4.34 Å². The molecule has 5 aromatic rings. The molecule has 0 radical (unpaired) electrons. The average Bonchev–Trinajstić information content (AvgIpc) is 3.81. The number of Topliss-reactive ketones (excluding diaryl/α,β-unsaturated/α-hetero) is 1. The maximum atomic E-state index is 13.4. The van der Waals surface area contributed by atoms with E-state index in [1.54, 1.807) is 29.6 Å². The third kappa shape index (κ3) is 5.75. The number of carbonyl (C=O) groups excluding carboxylic acids is 2. The highest BCUT2D eigenvalue weighted by Crippen LogP contribution is 2.32. The van der Waals surface area contributed by atoms with Gasteiger partial charge >= 0.3 is 5.91 Å². The number of aromatic nitrogens is 4. The molecule has 41 heavy (non-hydrogen) atoms. The van der Waals surface area contributed by atoms with E-state index in [-0.39, 0.29) is 23.6 Å². The number of oxazole rings is 1. The molecule has 1 saturated heterocycles. The highest BCUT2D eigenvalue weighted by atomic mass is 35.5. The second-order valence-corrected chi connectivity index (χ2v) is 11.7. The molecule has 1 N–H and O–H groups in total. The van der Waals surface area contributed by atoms with Crippen LogP contribution in [0.25, 0.3) is 11.4 Å². The summed E-state index contributed by atoms with van der Waals surface area (Å²) in [5, 5.41) is 11.5. The van der Waals surface area contributed by atoms with Gasteiger partial charge in [0.1, 0.15) is 17.8 Å². The molecule has 1 fully saturated rings. The average molecular weight is 611 g/mol. The largest absolute Gasteiger partial charge is 0.451 e. The molecule has 0 unspecified atom stereocenters. The Morgan fingerprint density at radius 3 is 2.68 bits per heavy atom. The number of rotatable bonds is 9. The molecule has 0 amide bonds. The van der Waals surface area contributed by atoms with Crippen LogP contribution in [-0.2, 0) is 17.8 Å². The Bertz CT molecular complexity index is 1740. The smallest absolute Gasteiger partial charge is 0.301 e. The fourth-order valence-corrected chi connectivity index (χ4v) is 6.23. The summed E-state index contributed by atoms with van der Waals surface area (Å²) in [6, 6.07) is 10.3. The van der Waals surface area contributed by atoms with Gasteiger partial charge in [0.05, 0.1) is 42.0 Å². The van der Waals surface area contributed by atoms with E-state index in [4.69, 9.17) is 20.8 Å². The summed E-state index contributed by atoms with van der Waals surface area (Å²) in [7, 11) is 0. The van der Waals surface area contributed by atoms with Gasteiger partial charge in [-0.3, -0.25) is 19.0 Å². The maximum Gasteiger partial charge on any atom is 0.301 e. The van der Waals surface area contributed by atoms with Crippen molar-refractivity contribution in [3.63, 3.8) is 0 Å². The highest BCUT2D eigenvalue weighted by Gasteiger charge is 2.26. The zero-order chi connectivity index (χ0) is 28.3. The number of nitrogens with one attached hydrogen (secondary N) is 1. The van der Waals surface area contributed by atoms with Crippen molar-refractivity contribution in [3.8, 4) is 11.4 Å².